The average Bonchev–Trinajstić information content (AvgIpc) is 2.39. The molecule has 1 unspecified atom stereocenters. The van der Waals surface area contributed by atoms with Crippen molar-refractivity contribution in [2.75, 3.05) is 6.61 Å². The summed E-state index contributed by atoms with van der Waals surface area (Å²) in [7, 11) is 0. The molecule has 1 rings (SSSR count). The van der Waals surface area contributed by atoms with E-state index in [2.05, 4.69) is 13.5 Å². The van der Waals surface area contributed by atoms with Crippen LogP contribution in [0, 0.1) is 0 Å². The molecule has 3 heteroatoms. The molecule has 0 N–H and O–H groups in total. The third-order valence-corrected chi connectivity index (χ3v) is 2.52. The third kappa shape index (κ3) is 4.34. The molecule has 3 nitrogen and oxygen atoms in total. The highest BCUT2D eigenvalue weighted by Crippen LogP contribution is 2.12. The SMILES string of the molecule is C=Cc1ccccc1C(=O)OC(C)OCCCC. The molecule has 0 spiro atoms. The van der Waals surface area contributed by atoms with Crippen molar-refractivity contribution in [2.24, 2.45) is 0 Å². The molecule has 0 heterocycles. The van der Waals surface area contributed by atoms with E-state index < -0.39 is 6.29 Å². The molecule has 0 fully saturated rings. The fourth-order valence-electron chi connectivity index (χ4n) is 1.50. The number of ether oxygens (including phenoxy) is 2. The van der Waals surface area contributed by atoms with Gasteiger partial charge in [0.05, 0.1) is 12.2 Å². The number of hydrogen-bond donors (Lipinski definition) is 0. The van der Waals surface area contributed by atoms with E-state index >= 15 is 0 Å². The van der Waals surface area contributed by atoms with E-state index in [9.17, 15) is 4.79 Å². The summed E-state index contributed by atoms with van der Waals surface area (Å²) < 4.78 is 10.6. The molecule has 1 atom stereocenters. The molecule has 0 amide bonds. The third-order valence-electron chi connectivity index (χ3n) is 2.52. The fourth-order valence-corrected chi connectivity index (χ4v) is 1.50. The van der Waals surface area contributed by atoms with Gasteiger partial charge in [0, 0.05) is 0 Å². The highest BCUT2D eigenvalue weighted by molar-refractivity contribution is 5.93. The van der Waals surface area contributed by atoms with Crippen molar-refractivity contribution in [2.45, 2.75) is 33.0 Å². The van der Waals surface area contributed by atoms with Gasteiger partial charge in [0.2, 0.25) is 0 Å². The number of carbonyl (C=O) groups excluding carboxylic acids is 1. The molecule has 0 aliphatic heterocycles. The zero-order chi connectivity index (χ0) is 13.4. The molecule has 0 aliphatic carbocycles. The van der Waals surface area contributed by atoms with Crippen LogP contribution in [0.5, 0.6) is 0 Å². The first-order valence-electron chi connectivity index (χ1n) is 6.23. The second-order valence-corrected chi connectivity index (χ2v) is 3.99. The minimum Gasteiger partial charge on any atom is -0.432 e. The van der Waals surface area contributed by atoms with E-state index in [1.165, 1.54) is 0 Å². The molecule has 18 heavy (non-hydrogen) atoms. The van der Waals surface area contributed by atoms with Gasteiger partial charge >= 0.3 is 5.97 Å². The first-order valence-corrected chi connectivity index (χ1v) is 6.23. The highest BCUT2D eigenvalue weighted by Gasteiger charge is 2.14. The first-order chi connectivity index (χ1) is 8.69. The topological polar surface area (TPSA) is 35.5 Å². The molecule has 0 aromatic heterocycles. The van der Waals surface area contributed by atoms with E-state index in [0.29, 0.717) is 12.2 Å². The number of benzene rings is 1. The molecule has 1 aromatic carbocycles. The minimum absolute atomic E-state index is 0.380. The number of esters is 1. The van der Waals surface area contributed by atoms with Gasteiger partial charge in [-0.25, -0.2) is 4.79 Å². The zero-order valence-corrected chi connectivity index (χ0v) is 11.0. The van der Waals surface area contributed by atoms with Gasteiger partial charge < -0.3 is 9.47 Å². The molecule has 0 bridgehead atoms. The number of hydrogen-bond acceptors (Lipinski definition) is 3. The van der Waals surface area contributed by atoms with Crippen LogP contribution in [-0.4, -0.2) is 18.9 Å². The van der Waals surface area contributed by atoms with Crippen molar-refractivity contribution in [3.63, 3.8) is 0 Å². The van der Waals surface area contributed by atoms with Crippen LogP contribution in [0.15, 0.2) is 30.8 Å². The molecule has 0 saturated carbocycles. The largest absolute Gasteiger partial charge is 0.432 e. The van der Waals surface area contributed by atoms with Crippen LogP contribution in [0.1, 0.15) is 42.6 Å². The van der Waals surface area contributed by atoms with Crippen molar-refractivity contribution in [3.8, 4) is 0 Å². The van der Waals surface area contributed by atoms with Crippen LogP contribution in [0.4, 0.5) is 0 Å². The Bertz CT molecular complexity index is 398. The molecular formula is C15H20O3. The summed E-state index contributed by atoms with van der Waals surface area (Å²) in [6.45, 7) is 8.09. The van der Waals surface area contributed by atoms with Gasteiger partial charge in [-0.3, -0.25) is 0 Å². The monoisotopic (exact) mass is 248 g/mol. The summed E-state index contributed by atoms with van der Waals surface area (Å²) in [5, 5.41) is 0. The zero-order valence-electron chi connectivity index (χ0n) is 11.0. The van der Waals surface area contributed by atoms with Gasteiger partial charge in [-0.15, -0.1) is 0 Å². The van der Waals surface area contributed by atoms with Crippen molar-refractivity contribution in [1.82, 2.24) is 0 Å². The Balaban J connectivity index is 2.56. The van der Waals surface area contributed by atoms with Gasteiger partial charge in [0.1, 0.15) is 0 Å². The summed E-state index contributed by atoms with van der Waals surface area (Å²) in [5.41, 5.74) is 1.28. The minimum atomic E-state index is -0.526. The van der Waals surface area contributed by atoms with E-state index in [1.54, 1.807) is 25.1 Å². The highest BCUT2D eigenvalue weighted by atomic mass is 16.7. The summed E-state index contributed by atoms with van der Waals surface area (Å²) in [5.74, 6) is -0.380. The molecule has 98 valence electrons. The standard InChI is InChI=1S/C15H20O3/c1-4-6-11-17-12(3)18-15(16)14-10-8-7-9-13(14)5-2/h5,7-10,12H,2,4,6,11H2,1,3H3. The molecule has 0 radical (unpaired) electrons. The van der Waals surface area contributed by atoms with Gasteiger partial charge in [0.15, 0.2) is 6.29 Å². The maximum absolute atomic E-state index is 11.9. The van der Waals surface area contributed by atoms with E-state index in [4.69, 9.17) is 9.47 Å². The van der Waals surface area contributed by atoms with Crippen LogP contribution in [-0.2, 0) is 9.47 Å². The normalized spacial score (nSPS) is 11.9. The first kappa shape index (κ1) is 14.5. The maximum atomic E-state index is 11.9. The second kappa shape index (κ2) is 7.67. The van der Waals surface area contributed by atoms with Gasteiger partial charge in [-0.05, 0) is 25.0 Å². The second-order valence-electron chi connectivity index (χ2n) is 3.99. The lowest BCUT2D eigenvalue weighted by atomic mass is 10.1. The summed E-state index contributed by atoms with van der Waals surface area (Å²) in [4.78, 5) is 11.9. The van der Waals surface area contributed by atoms with Crippen LogP contribution in [0.2, 0.25) is 0 Å². The quantitative estimate of drug-likeness (QED) is 0.420. The fraction of sp³-hybridized carbons (Fsp3) is 0.400. The van der Waals surface area contributed by atoms with Crippen LogP contribution in [0.25, 0.3) is 6.08 Å². The summed E-state index contributed by atoms with van der Waals surface area (Å²) >= 11 is 0. The van der Waals surface area contributed by atoms with Crippen molar-refractivity contribution in [3.05, 3.63) is 42.0 Å². The van der Waals surface area contributed by atoms with E-state index in [0.717, 1.165) is 18.4 Å². The average molecular weight is 248 g/mol. The molecule has 0 saturated heterocycles. The van der Waals surface area contributed by atoms with Gasteiger partial charge in [-0.2, -0.15) is 0 Å². The molecular weight excluding hydrogens is 228 g/mol. The lowest BCUT2D eigenvalue weighted by Crippen LogP contribution is -2.19. The van der Waals surface area contributed by atoms with Crippen molar-refractivity contribution in [1.29, 1.82) is 0 Å². The summed E-state index contributed by atoms with van der Waals surface area (Å²) in [6, 6.07) is 7.20. The summed E-state index contributed by atoms with van der Waals surface area (Å²) in [6.07, 6.45) is 3.13. The van der Waals surface area contributed by atoms with Crippen LogP contribution >= 0.6 is 0 Å². The van der Waals surface area contributed by atoms with Crippen molar-refractivity contribution < 1.29 is 14.3 Å². The Labute approximate surface area is 108 Å². The maximum Gasteiger partial charge on any atom is 0.341 e. The Hall–Kier alpha value is -1.61. The van der Waals surface area contributed by atoms with Crippen LogP contribution in [0.3, 0.4) is 0 Å². The smallest absolute Gasteiger partial charge is 0.341 e. The Morgan fingerprint density at radius 3 is 2.83 bits per heavy atom. The number of rotatable bonds is 7. The van der Waals surface area contributed by atoms with Gasteiger partial charge in [-0.1, -0.05) is 44.2 Å². The van der Waals surface area contributed by atoms with Gasteiger partial charge in [0.25, 0.3) is 0 Å². The Morgan fingerprint density at radius 2 is 2.17 bits per heavy atom. The lowest BCUT2D eigenvalue weighted by Gasteiger charge is -2.14. The van der Waals surface area contributed by atoms with E-state index in [-0.39, 0.29) is 5.97 Å². The van der Waals surface area contributed by atoms with Crippen molar-refractivity contribution >= 4 is 12.0 Å². The predicted octanol–water partition coefficient (Wildman–Crippen LogP) is 3.65. The molecule has 0 aliphatic rings. The number of carbonyl (C=O) groups is 1. The predicted molar refractivity (Wildman–Crippen MR) is 72.3 cm³/mol. The Kier molecular flexibility index (Phi) is 6.15. The Morgan fingerprint density at radius 1 is 1.44 bits per heavy atom. The molecule has 1 aromatic rings. The van der Waals surface area contributed by atoms with E-state index in [1.807, 2.05) is 12.1 Å². The van der Waals surface area contributed by atoms with Crippen LogP contribution < -0.4 is 0 Å². The number of unbranched alkanes of at least 4 members (excludes halogenated alkanes) is 1. The lowest BCUT2D eigenvalue weighted by molar-refractivity contribution is -0.0985.